The van der Waals surface area contributed by atoms with E-state index in [2.05, 4.69) is 17.8 Å². The Morgan fingerprint density at radius 2 is 1.89 bits per heavy atom. The molecule has 3 rings (SSSR count). The second-order valence-corrected chi connectivity index (χ2v) is 7.58. The van der Waals surface area contributed by atoms with Gasteiger partial charge in [0, 0.05) is 6.20 Å². The largest absolute Gasteiger partial charge is 0.507 e. The zero-order valence-electron chi connectivity index (χ0n) is 16.7. The Hall–Kier alpha value is -2.95. The van der Waals surface area contributed by atoms with Gasteiger partial charge in [-0.2, -0.15) is 0 Å². The minimum absolute atomic E-state index is 0.0218. The first kappa shape index (κ1) is 19.8. The highest BCUT2D eigenvalue weighted by Crippen LogP contribution is 2.41. The highest BCUT2D eigenvalue weighted by Gasteiger charge is 2.40. The summed E-state index contributed by atoms with van der Waals surface area (Å²) in [6, 6.07) is 13.2. The number of aromatic hydroxyl groups is 1. The first-order valence-electron chi connectivity index (χ1n) is 9.79. The molecule has 148 valence electrons. The van der Waals surface area contributed by atoms with E-state index in [0.717, 1.165) is 36.9 Å². The molecule has 0 fully saturated rings. The number of aryl methyl sites for hydroxylation is 1. The van der Waals surface area contributed by atoms with Crippen LogP contribution in [0.2, 0.25) is 0 Å². The summed E-state index contributed by atoms with van der Waals surface area (Å²) in [6.07, 6.45) is 5.78. The van der Waals surface area contributed by atoms with E-state index in [0.29, 0.717) is 11.3 Å². The van der Waals surface area contributed by atoms with Crippen LogP contribution in [-0.2, 0) is 6.42 Å². The second kappa shape index (κ2) is 8.38. The van der Waals surface area contributed by atoms with E-state index >= 15 is 0 Å². The third-order valence-corrected chi connectivity index (χ3v) is 4.90. The molecule has 5 nitrogen and oxygen atoms in total. The number of hydrogen-bond acceptors (Lipinski definition) is 5. The van der Waals surface area contributed by atoms with E-state index < -0.39 is 5.60 Å². The van der Waals surface area contributed by atoms with Crippen LogP contribution in [0.4, 0.5) is 5.69 Å². The number of unbranched alkanes of at least 4 members (excludes halogenated alkanes) is 2. The number of carbonyl (C=O) groups excluding carboxylic acids is 1. The van der Waals surface area contributed by atoms with E-state index in [4.69, 9.17) is 4.74 Å². The molecule has 28 heavy (non-hydrogen) atoms. The fraction of sp³-hybridized carbons (Fsp3) is 0.348. The van der Waals surface area contributed by atoms with Crippen molar-refractivity contribution < 1.29 is 14.6 Å². The third-order valence-electron chi connectivity index (χ3n) is 4.90. The Morgan fingerprint density at radius 3 is 2.61 bits per heavy atom. The van der Waals surface area contributed by atoms with Gasteiger partial charge in [-0.25, -0.2) is 0 Å². The van der Waals surface area contributed by atoms with Crippen LogP contribution < -0.4 is 15.6 Å². The topological polar surface area (TPSA) is 70.6 Å². The minimum atomic E-state index is -0.816. The molecule has 2 aromatic rings. The molecular formula is C23H28N2O3. The van der Waals surface area contributed by atoms with Crippen LogP contribution in [0, 0.1) is 0 Å². The molecule has 0 amide bonds. The number of Topliss-reactive ketones (excluding diaryl/α,β-unsaturated/α-hetero) is 1. The van der Waals surface area contributed by atoms with Crippen molar-refractivity contribution in [3.63, 3.8) is 0 Å². The van der Waals surface area contributed by atoms with Crippen molar-refractivity contribution in [2.45, 2.75) is 52.1 Å². The van der Waals surface area contributed by atoms with Gasteiger partial charge in [-0.15, -0.1) is 0 Å². The lowest BCUT2D eigenvalue weighted by Crippen LogP contribution is -2.40. The highest BCUT2D eigenvalue weighted by molar-refractivity contribution is 6.14. The molecule has 0 saturated heterocycles. The number of phenolic OH excluding ortho intramolecular Hbond substituents is 1. The van der Waals surface area contributed by atoms with Gasteiger partial charge in [-0.05, 0) is 56.5 Å². The summed E-state index contributed by atoms with van der Waals surface area (Å²) < 4.78 is 6.12. The summed E-state index contributed by atoms with van der Waals surface area (Å²) in [5.74, 6) is 0.201. The van der Waals surface area contributed by atoms with Gasteiger partial charge in [-0.3, -0.25) is 4.79 Å². The molecule has 0 bridgehead atoms. The fourth-order valence-corrected chi connectivity index (χ4v) is 3.38. The summed E-state index contributed by atoms with van der Waals surface area (Å²) in [5, 5.41) is 10.5. The zero-order valence-corrected chi connectivity index (χ0v) is 16.7. The fourth-order valence-electron chi connectivity index (χ4n) is 3.38. The number of hydrogen-bond donors (Lipinski definition) is 3. The number of phenols is 1. The number of fused-ring (bicyclic) bond motifs is 1. The summed E-state index contributed by atoms with van der Waals surface area (Å²) in [6.45, 7) is 5.86. The van der Waals surface area contributed by atoms with E-state index in [-0.39, 0.29) is 17.1 Å². The Bertz CT molecular complexity index is 873. The van der Waals surface area contributed by atoms with Gasteiger partial charge in [0.15, 0.2) is 0 Å². The Labute approximate surface area is 166 Å². The number of nitrogens with one attached hydrogen (secondary N) is 2. The van der Waals surface area contributed by atoms with Crippen LogP contribution in [0.5, 0.6) is 11.5 Å². The number of para-hydroxylation sites is 1. The monoisotopic (exact) mass is 380 g/mol. The number of ether oxygens (including phenoxy) is 1. The number of hydrazine groups is 1. The van der Waals surface area contributed by atoms with Crippen LogP contribution >= 0.6 is 0 Å². The number of carbonyl (C=O) groups is 1. The lowest BCUT2D eigenvalue weighted by Gasteiger charge is -2.34. The van der Waals surface area contributed by atoms with Crippen LogP contribution in [0.25, 0.3) is 0 Å². The molecule has 0 atom stereocenters. The maximum Gasteiger partial charge on any atom is 0.202 e. The molecule has 0 spiro atoms. The van der Waals surface area contributed by atoms with Crippen molar-refractivity contribution in [1.29, 1.82) is 0 Å². The highest BCUT2D eigenvalue weighted by atomic mass is 16.5. The molecule has 0 aliphatic carbocycles. The molecule has 5 heteroatoms. The molecule has 0 aromatic heterocycles. The molecule has 2 aromatic carbocycles. The molecule has 3 N–H and O–H groups in total. The maximum atomic E-state index is 13.1. The first-order valence-corrected chi connectivity index (χ1v) is 9.79. The second-order valence-electron chi connectivity index (χ2n) is 7.58. The van der Waals surface area contributed by atoms with Crippen LogP contribution in [0.15, 0.2) is 54.2 Å². The van der Waals surface area contributed by atoms with Crippen molar-refractivity contribution in [2.75, 3.05) is 5.43 Å². The molecule has 1 aliphatic rings. The lowest BCUT2D eigenvalue weighted by atomic mass is 9.86. The summed E-state index contributed by atoms with van der Waals surface area (Å²) >= 11 is 0. The SMILES string of the molecule is CCCCCc1cc(O)c2c(c1)OC(C)(C)/C(=C/NNc1ccccc1)C2=O. The van der Waals surface area contributed by atoms with E-state index in [1.54, 1.807) is 12.3 Å². The predicted octanol–water partition coefficient (Wildman–Crippen LogP) is 4.98. The first-order chi connectivity index (χ1) is 13.4. The van der Waals surface area contributed by atoms with E-state index in [9.17, 15) is 9.90 Å². The Kier molecular flexibility index (Phi) is 5.93. The quantitative estimate of drug-likeness (QED) is 0.359. The predicted molar refractivity (Wildman–Crippen MR) is 112 cm³/mol. The van der Waals surface area contributed by atoms with Gasteiger partial charge in [-0.1, -0.05) is 38.0 Å². The van der Waals surface area contributed by atoms with Gasteiger partial charge < -0.3 is 20.7 Å². The number of benzene rings is 2. The van der Waals surface area contributed by atoms with Gasteiger partial charge in [0.05, 0.1) is 11.3 Å². The van der Waals surface area contributed by atoms with E-state index in [1.807, 2.05) is 50.2 Å². The van der Waals surface area contributed by atoms with Crippen molar-refractivity contribution in [2.24, 2.45) is 0 Å². The average molecular weight is 380 g/mol. The summed E-state index contributed by atoms with van der Waals surface area (Å²) in [7, 11) is 0. The summed E-state index contributed by atoms with van der Waals surface area (Å²) in [5.41, 5.74) is 7.71. The lowest BCUT2D eigenvalue weighted by molar-refractivity contribution is 0.0848. The molecule has 1 aliphatic heterocycles. The molecule has 0 saturated carbocycles. The number of ketones is 1. The van der Waals surface area contributed by atoms with Gasteiger partial charge >= 0.3 is 0 Å². The van der Waals surface area contributed by atoms with Crippen molar-refractivity contribution >= 4 is 11.5 Å². The van der Waals surface area contributed by atoms with Gasteiger partial charge in [0.2, 0.25) is 5.78 Å². The van der Waals surface area contributed by atoms with Crippen molar-refractivity contribution in [1.82, 2.24) is 5.43 Å². The zero-order chi connectivity index (χ0) is 20.1. The molecule has 0 radical (unpaired) electrons. The molecular weight excluding hydrogens is 352 g/mol. The minimum Gasteiger partial charge on any atom is -0.507 e. The Morgan fingerprint density at radius 1 is 1.14 bits per heavy atom. The molecule has 1 heterocycles. The Balaban J connectivity index is 1.83. The molecule has 0 unspecified atom stereocenters. The number of rotatable bonds is 7. The van der Waals surface area contributed by atoms with Gasteiger partial charge in [0.1, 0.15) is 22.7 Å². The van der Waals surface area contributed by atoms with Crippen molar-refractivity contribution in [3.05, 3.63) is 65.4 Å². The smallest absolute Gasteiger partial charge is 0.202 e. The van der Waals surface area contributed by atoms with Gasteiger partial charge in [0.25, 0.3) is 0 Å². The normalized spacial score (nSPS) is 16.4. The van der Waals surface area contributed by atoms with Crippen LogP contribution in [0.3, 0.4) is 0 Å². The standard InChI is InChI=1S/C23H28N2O3/c1-4-5-7-10-16-13-19(26)21-20(14-16)28-23(2,3)18(22(21)27)15-24-25-17-11-8-6-9-12-17/h6,8-9,11-15,24-26H,4-5,7,10H2,1-3H3/b18-15+. The van der Waals surface area contributed by atoms with Crippen LogP contribution in [-0.4, -0.2) is 16.5 Å². The van der Waals surface area contributed by atoms with Crippen molar-refractivity contribution in [3.8, 4) is 11.5 Å². The average Bonchev–Trinajstić information content (AvgIpc) is 2.64. The maximum absolute atomic E-state index is 13.1. The van der Waals surface area contributed by atoms with Crippen LogP contribution in [0.1, 0.15) is 56.0 Å². The summed E-state index contributed by atoms with van der Waals surface area (Å²) in [4.78, 5) is 13.1. The number of anilines is 1. The van der Waals surface area contributed by atoms with E-state index in [1.165, 1.54) is 0 Å². The third kappa shape index (κ3) is 4.30.